The Balaban J connectivity index is 0.872. The summed E-state index contributed by atoms with van der Waals surface area (Å²) in [4.78, 5) is 5.44. The van der Waals surface area contributed by atoms with Crippen molar-refractivity contribution in [2.45, 2.75) is 141 Å². The van der Waals surface area contributed by atoms with Crippen LogP contribution in [-0.4, -0.2) is 25.2 Å². The van der Waals surface area contributed by atoms with Crippen molar-refractivity contribution < 1.29 is 0 Å². The Labute approximate surface area is 268 Å². The highest BCUT2D eigenvalue weighted by Gasteiger charge is 2.33. The molecule has 2 saturated carbocycles. The average molecular weight is 595 g/mol. The Hall–Kier alpha value is -2.88. The molecule has 0 amide bonds. The molecule has 2 fully saturated rings. The van der Waals surface area contributed by atoms with Crippen LogP contribution in [0.25, 0.3) is 11.4 Å². The molecule has 4 heteroatoms. The number of hydrogen-bond donors (Lipinski definition) is 2. The van der Waals surface area contributed by atoms with Crippen molar-refractivity contribution in [2.75, 3.05) is 22.9 Å². The van der Waals surface area contributed by atoms with Gasteiger partial charge in [-0.3, -0.25) is 0 Å². The number of fused-ring (bicyclic) bond motifs is 4. The molecule has 238 valence electrons. The molecular formula is C40H58N4. The van der Waals surface area contributed by atoms with E-state index in [0.29, 0.717) is 12.1 Å². The van der Waals surface area contributed by atoms with E-state index in [-0.39, 0.29) is 0 Å². The topological polar surface area (TPSA) is 58.5 Å². The Kier molecular flexibility index (Phi) is 10.9. The molecule has 2 aromatic rings. The summed E-state index contributed by atoms with van der Waals surface area (Å²) in [6.07, 6.45) is 26.4. The first-order chi connectivity index (χ1) is 21.7. The summed E-state index contributed by atoms with van der Waals surface area (Å²) in [5, 5.41) is 0. The van der Waals surface area contributed by atoms with Gasteiger partial charge >= 0.3 is 0 Å². The van der Waals surface area contributed by atoms with Gasteiger partial charge in [-0.2, -0.15) is 0 Å². The first kappa shape index (κ1) is 31.1. The van der Waals surface area contributed by atoms with Gasteiger partial charge in [0.25, 0.3) is 0 Å². The molecule has 2 unspecified atom stereocenters. The third-order valence-electron chi connectivity index (χ3n) is 11.2. The van der Waals surface area contributed by atoms with E-state index in [0.717, 1.165) is 11.4 Å². The standard InChI is InChI=1S/C40H58N4/c41-39-31-21-11-9-13-25-35(31)43(37-27-17-15-23-33(37)39)29-19-7-5-3-1-2-4-6-8-20-30-44-36-26-14-10-12-22-32(36)40(42)34-24-16-18-28-38(34)44/h15-18,23-24,27-28,35-36H,1-14,19-22,25-26,29-30,41-42H2. The molecule has 2 aliphatic carbocycles. The summed E-state index contributed by atoms with van der Waals surface area (Å²) in [7, 11) is 0. The summed E-state index contributed by atoms with van der Waals surface area (Å²) in [5.74, 6) is 0. The molecule has 0 bridgehead atoms. The Morgan fingerprint density at radius 1 is 0.477 bits per heavy atom. The van der Waals surface area contributed by atoms with Crippen LogP contribution in [0, 0.1) is 0 Å². The number of hydrogen-bond acceptors (Lipinski definition) is 4. The van der Waals surface area contributed by atoms with Crippen molar-refractivity contribution in [1.29, 1.82) is 0 Å². The fraction of sp³-hybridized carbons (Fsp3) is 0.600. The van der Waals surface area contributed by atoms with E-state index in [1.165, 1.54) is 175 Å². The summed E-state index contributed by atoms with van der Waals surface area (Å²) in [6.45, 7) is 2.34. The maximum Gasteiger partial charge on any atom is 0.0525 e. The van der Waals surface area contributed by atoms with E-state index in [1.54, 1.807) is 0 Å². The zero-order valence-corrected chi connectivity index (χ0v) is 27.4. The Bertz CT molecular complexity index is 1190. The number of anilines is 2. The van der Waals surface area contributed by atoms with Gasteiger partial charge in [0.2, 0.25) is 0 Å². The monoisotopic (exact) mass is 594 g/mol. The first-order valence-corrected chi connectivity index (χ1v) is 18.4. The molecule has 2 atom stereocenters. The lowest BCUT2D eigenvalue weighted by atomic mass is 9.89. The van der Waals surface area contributed by atoms with Crippen molar-refractivity contribution >= 4 is 22.8 Å². The fourth-order valence-electron chi connectivity index (χ4n) is 8.77. The van der Waals surface area contributed by atoms with E-state index >= 15 is 0 Å². The molecule has 0 saturated heterocycles. The first-order valence-electron chi connectivity index (χ1n) is 18.4. The molecule has 4 nitrogen and oxygen atoms in total. The minimum absolute atomic E-state index is 0.529. The normalized spacial score (nSPS) is 21.7. The van der Waals surface area contributed by atoms with E-state index in [2.05, 4.69) is 58.3 Å². The van der Waals surface area contributed by atoms with Crippen molar-refractivity contribution in [3.8, 4) is 0 Å². The van der Waals surface area contributed by atoms with Crippen molar-refractivity contribution in [1.82, 2.24) is 0 Å². The zero-order chi connectivity index (χ0) is 30.1. The number of nitrogens with zero attached hydrogens (tertiary/aromatic N) is 2. The van der Waals surface area contributed by atoms with Crippen molar-refractivity contribution in [2.24, 2.45) is 11.5 Å². The van der Waals surface area contributed by atoms with Crippen LogP contribution in [0.3, 0.4) is 0 Å². The van der Waals surface area contributed by atoms with E-state index in [9.17, 15) is 0 Å². The smallest absolute Gasteiger partial charge is 0.0525 e. The van der Waals surface area contributed by atoms with Crippen molar-refractivity contribution in [3.05, 3.63) is 70.8 Å². The number of rotatable bonds is 13. The molecule has 0 aromatic heterocycles. The number of para-hydroxylation sites is 2. The predicted molar refractivity (Wildman–Crippen MR) is 190 cm³/mol. The highest BCUT2D eigenvalue weighted by molar-refractivity contribution is 5.83. The quantitative estimate of drug-likeness (QED) is 0.227. The van der Waals surface area contributed by atoms with Crippen LogP contribution in [0.15, 0.2) is 59.7 Å². The second-order valence-corrected chi connectivity index (χ2v) is 14.1. The van der Waals surface area contributed by atoms with Crippen LogP contribution in [0.5, 0.6) is 0 Å². The van der Waals surface area contributed by atoms with Crippen molar-refractivity contribution in [3.63, 3.8) is 0 Å². The van der Waals surface area contributed by atoms with Gasteiger partial charge in [0, 0.05) is 47.0 Å². The van der Waals surface area contributed by atoms with Gasteiger partial charge < -0.3 is 21.3 Å². The van der Waals surface area contributed by atoms with Gasteiger partial charge in [0.1, 0.15) is 0 Å². The molecule has 2 heterocycles. The lowest BCUT2D eigenvalue weighted by Crippen LogP contribution is -2.41. The maximum absolute atomic E-state index is 6.72. The van der Waals surface area contributed by atoms with Crippen LogP contribution in [0.4, 0.5) is 11.4 Å². The highest BCUT2D eigenvalue weighted by atomic mass is 15.2. The molecule has 0 radical (unpaired) electrons. The minimum atomic E-state index is 0.529. The molecule has 4 N–H and O–H groups in total. The minimum Gasteiger partial charge on any atom is -0.398 e. The molecule has 0 spiro atoms. The SMILES string of the molecule is NC1=C2CCCCCC2N(CCCCCCCCCCCCN2c3ccccc3C(N)=C3CCCCCC32)c2ccccc21. The second kappa shape index (κ2) is 15.4. The van der Waals surface area contributed by atoms with E-state index in [4.69, 9.17) is 11.5 Å². The molecule has 4 aliphatic rings. The lowest BCUT2D eigenvalue weighted by molar-refractivity contribution is 0.527. The maximum atomic E-state index is 6.72. The third-order valence-corrected chi connectivity index (χ3v) is 11.2. The zero-order valence-electron chi connectivity index (χ0n) is 27.4. The second-order valence-electron chi connectivity index (χ2n) is 14.1. The summed E-state index contributed by atoms with van der Waals surface area (Å²) in [6, 6.07) is 18.8. The van der Waals surface area contributed by atoms with Crippen LogP contribution < -0.4 is 21.3 Å². The lowest BCUT2D eigenvalue weighted by Gasteiger charge is -2.40. The van der Waals surface area contributed by atoms with Crippen LogP contribution >= 0.6 is 0 Å². The number of benzene rings is 2. The molecule has 44 heavy (non-hydrogen) atoms. The fourth-order valence-corrected chi connectivity index (χ4v) is 8.77. The summed E-state index contributed by atoms with van der Waals surface area (Å²) < 4.78 is 0. The van der Waals surface area contributed by atoms with E-state index < -0.39 is 0 Å². The van der Waals surface area contributed by atoms with Gasteiger partial charge in [0.15, 0.2) is 0 Å². The predicted octanol–water partition coefficient (Wildman–Crippen LogP) is 9.93. The van der Waals surface area contributed by atoms with Crippen LogP contribution in [-0.2, 0) is 0 Å². The van der Waals surface area contributed by atoms with Crippen LogP contribution in [0.2, 0.25) is 0 Å². The van der Waals surface area contributed by atoms with Gasteiger partial charge in [-0.15, -0.1) is 0 Å². The summed E-state index contributed by atoms with van der Waals surface area (Å²) in [5.41, 5.74) is 24.0. The van der Waals surface area contributed by atoms with Crippen LogP contribution in [0.1, 0.15) is 140 Å². The molecule has 2 aliphatic heterocycles. The molecular weight excluding hydrogens is 536 g/mol. The Morgan fingerprint density at radius 2 is 0.864 bits per heavy atom. The molecule has 6 rings (SSSR count). The number of nitrogens with two attached hydrogens (primary N) is 2. The number of unbranched alkanes of at least 4 members (excludes halogenated alkanes) is 9. The average Bonchev–Trinajstić information content (AvgIpc) is 3.46. The largest absolute Gasteiger partial charge is 0.398 e. The van der Waals surface area contributed by atoms with Gasteiger partial charge in [0.05, 0.1) is 12.1 Å². The van der Waals surface area contributed by atoms with Gasteiger partial charge in [-0.05, 0) is 74.6 Å². The van der Waals surface area contributed by atoms with Gasteiger partial charge in [-0.25, -0.2) is 0 Å². The molecule has 2 aromatic carbocycles. The highest BCUT2D eigenvalue weighted by Crippen LogP contribution is 2.42. The summed E-state index contributed by atoms with van der Waals surface area (Å²) >= 11 is 0. The Morgan fingerprint density at radius 3 is 1.30 bits per heavy atom. The van der Waals surface area contributed by atoms with Gasteiger partial charge in [-0.1, -0.05) is 113 Å². The van der Waals surface area contributed by atoms with E-state index in [1.807, 2.05) is 0 Å². The third kappa shape index (κ3) is 7.00.